The Morgan fingerprint density at radius 1 is 1.07 bits per heavy atom. The highest BCUT2D eigenvalue weighted by molar-refractivity contribution is 5.40. The molecule has 27 heavy (non-hydrogen) atoms. The summed E-state index contributed by atoms with van der Waals surface area (Å²) in [6, 6.07) is 10.2. The Kier molecular flexibility index (Phi) is 6.47. The molecule has 0 bridgehead atoms. The highest BCUT2D eigenvalue weighted by Gasteiger charge is 2.27. The van der Waals surface area contributed by atoms with Gasteiger partial charge in [-0.1, -0.05) is 0 Å². The number of benzene rings is 1. The minimum Gasteiger partial charge on any atom is -0.497 e. The van der Waals surface area contributed by atoms with E-state index in [1.807, 2.05) is 37.3 Å². The molecule has 0 radical (unpaired) electrons. The van der Waals surface area contributed by atoms with Crippen molar-refractivity contribution in [3.05, 3.63) is 41.6 Å². The maximum Gasteiger partial charge on any atom is 0.151 e. The predicted molar refractivity (Wildman–Crippen MR) is 104 cm³/mol. The molecule has 3 rings (SSSR count). The number of aliphatic hydroxyl groups is 1. The van der Waals surface area contributed by atoms with Gasteiger partial charge in [-0.2, -0.15) is 5.10 Å². The van der Waals surface area contributed by atoms with Crippen molar-refractivity contribution in [1.82, 2.24) is 15.1 Å². The van der Waals surface area contributed by atoms with E-state index >= 15 is 0 Å². The van der Waals surface area contributed by atoms with E-state index in [9.17, 15) is 5.11 Å². The van der Waals surface area contributed by atoms with Crippen LogP contribution in [0.15, 0.2) is 30.3 Å². The molecule has 0 spiro atoms. The van der Waals surface area contributed by atoms with Gasteiger partial charge in [-0.05, 0) is 43.2 Å². The van der Waals surface area contributed by atoms with E-state index in [0.29, 0.717) is 0 Å². The number of aromatic nitrogens is 2. The van der Waals surface area contributed by atoms with Gasteiger partial charge in [-0.15, -0.1) is 5.10 Å². The lowest BCUT2D eigenvalue weighted by Gasteiger charge is -2.41. The van der Waals surface area contributed by atoms with Crippen molar-refractivity contribution in [3.8, 4) is 11.5 Å². The van der Waals surface area contributed by atoms with Gasteiger partial charge in [0, 0.05) is 44.9 Å². The van der Waals surface area contributed by atoms with Crippen LogP contribution < -0.4 is 14.4 Å². The molecule has 1 aliphatic heterocycles. The highest BCUT2D eigenvalue weighted by Crippen LogP contribution is 2.26. The zero-order valence-corrected chi connectivity index (χ0v) is 16.3. The minimum absolute atomic E-state index is 0.163. The summed E-state index contributed by atoms with van der Waals surface area (Å²) in [4.78, 5) is 4.65. The second-order valence-corrected chi connectivity index (χ2v) is 6.84. The number of anilines is 1. The van der Waals surface area contributed by atoms with E-state index in [2.05, 4.69) is 20.0 Å². The normalized spacial score (nSPS) is 17.8. The number of aryl methyl sites for hydroxylation is 1. The fourth-order valence-electron chi connectivity index (χ4n) is 3.48. The van der Waals surface area contributed by atoms with Gasteiger partial charge >= 0.3 is 0 Å². The van der Waals surface area contributed by atoms with Gasteiger partial charge in [0.15, 0.2) is 5.82 Å². The number of aliphatic hydroxyl groups excluding tert-OH is 1. The summed E-state index contributed by atoms with van der Waals surface area (Å²) in [6.45, 7) is 5.47. The fraction of sp³-hybridized carbons (Fsp3) is 0.500. The smallest absolute Gasteiger partial charge is 0.151 e. The lowest BCUT2D eigenvalue weighted by Crippen LogP contribution is -2.53. The quantitative estimate of drug-likeness (QED) is 0.796. The Morgan fingerprint density at radius 2 is 1.81 bits per heavy atom. The van der Waals surface area contributed by atoms with Gasteiger partial charge in [-0.25, -0.2) is 0 Å². The lowest BCUT2D eigenvalue weighted by atomic mass is 10.1. The van der Waals surface area contributed by atoms with Crippen LogP contribution in [0.25, 0.3) is 0 Å². The summed E-state index contributed by atoms with van der Waals surface area (Å²) in [5, 5.41) is 18.0. The molecule has 1 atom stereocenters. The van der Waals surface area contributed by atoms with Gasteiger partial charge in [-0.3, -0.25) is 4.90 Å². The number of methoxy groups -OCH3 is 2. The lowest BCUT2D eigenvalue weighted by molar-refractivity contribution is 0.135. The molecule has 1 aromatic heterocycles. The van der Waals surface area contributed by atoms with Crippen molar-refractivity contribution >= 4 is 5.82 Å². The third kappa shape index (κ3) is 4.87. The van der Waals surface area contributed by atoms with E-state index in [4.69, 9.17) is 9.47 Å². The van der Waals surface area contributed by atoms with Crippen LogP contribution in [0.1, 0.15) is 17.7 Å². The molecule has 2 aromatic rings. The monoisotopic (exact) mass is 372 g/mol. The van der Waals surface area contributed by atoms with Crippen LogP contribution in [0.3, 0.4) is 0 Å². The Hall–Kier alpha value is -2.38. The maximum atomic E-state index is 9.55. The average molecular weight is 372 g/mol. The molecule has 2 heterocycles. The molecule has 0 amide bonds. The molecular formula is C20H28N4O3. The molecular weight excluding hydrogens is 344 g/mol. The molecule has 1 aliphatic rings. The predicted octanol–water partition coefficient (Wildman–Crippen LogP) is 1.88. The van der Waals surface area contributed by atoms with E-state index < -0.39 is 0 Å². The van der Waals surface area contributed by atoms with E-state index in [1.165, 1.54) is 0 Å². The van der Waals surface area contributed by atoms with Crippen LogP contribution in [0.2, 0.25) is 0 Å². The molecule has 1 saturated heterocycles. The number of ether oxygens (including phenoxy) is 2. The first-order valence-corrected chi connectivity index (χ1v) is 9.25. The summed E-state index contributed by atoms with van der Waals surface area (Å²) in [6.07, 6.45) is 0.719. The maximum absolute atomic E-state index is 9.55. The van der Waals surface area contributed by atoms with Crippen LogP contribution in [0.4, 0.5) is 5.82 Å². The molecule has 7 nitrogen and oxygen atoms in total. The number of hydrogen-bond acceptors (Lipinski definition) is 7. The van der Waals surface area contributed by atoms with Crippen molar-refractivity contribution in [1.29, 1.82) is 0 Å². The van der Waals surface area contributed by atoms with Crippen molar-refractivity contribution in [3.63, 3.8) is 0 Å². The van der Waals surface area contributed by atoms with E-state index in [1.54, 1.807) is 14.2 Å². The Labute approximate surface area is 160 Å². The summed E-state index contributed by atoms with van der Waals surface area (Å²) >= 11 is 0. The third-order valence-electron chi connectivity index (χ3n) is 4.97. The number of nitrogens with zero attached hydrogens (tertiary/aromatic N) is 4. The SMILES string of the molecule is COc1cc(CN2CCN(c3ccc(C)nn3)C[C@H]2CCO)cc(OC)c1. The molecule has 146 valence electrons. The second-order valence-electron chi connectivity index (χ2n) is 6.84. The van der Waals surface area contributed by atoms with Crippen molar-refractivity contribution in [2.45, 2.75) is 25.9 Å². The second kappa shape index (κ2) is 9.01. The molecule has 0 unspecified atom stereocenters. The van der Waals surface area contributed by atoms with Crippen LogP contribution in [0.5, 0.6) is 11.5 Å². The first kappa shape index (κ1) is 19.4. The standard InChI is InChI=1S/C20H28N4O3/c1-15-4-5-20(22-21-15)24-8-7-23(17(14-24)6-9-25)13-16-10-18(26-2)12-19(11-16)27-3/h4-5,10-12,17,25H,6-9,13-14H2,1-3H3/t17-/m1/s1. The zero-order chi connectivity index (χ0) is 19.2. The van der Waals surface area contributed by atoms with Crippen LogP contribution in [-0.4, -0.2) is 66.7 Å². The van der Waals surface area contributed by atoms with Gasteiger partial charge in [0.2, 0.25) is 0 Å². The van der Waals surface area contributed by atoms with E-state index in [-0.39, 0.29) is 12.6 Å². The van der Waals surface area contributed by atoms with Gasteiger partial charge in [0.25, 0.3) is 0 Å². The summed E-state index contributed by atoms with van der Waals surface area (Å²) < 4.78 is 10.8. The van der Waals surface area contributed by atoms with Gasteiger partial charge in [0.1, 0.15) is 11.5 Å². The largest absolute Gasteiger partial charge is 0.497 e. The summed E-state index contributed by atoms with van der Waals surface area (Å²) in [7, 11) is 3.32. The first-order chi connectivity index (χ1) is 13.1. The molecule has 7 heteroatoms. The van der Waals surface area contributed by atoms with Crippen molar-refractivity contribution in [2.75, 3.05) is 45.4 Å². The number of hydrogen-bond donors (Lipinski definition) is 1. The topological polar surface area (TPSA) is 71.0 Å². The third-order valence-corrected chi connectivity index (χ3v) is 4.97. The zero-order valence-electron chi connectivity index (χ0n) is 16.3. The summed E-state index contributed by atoms with van der Waals surface area (Å²) in [5.41, 5.74) is 2.05. The molecule has 1 aromatic carbocycles. The number of piperazine rings is 1. The molecule has 0 saturated carbocycles. The Morgan fingerprint density at radius 3 is 2.41 bits per heavy atom. The van der Waals surface area contributed by atoms with Gasteiger partial charge < -0.3 is 19.5 Å². The minimum atomic E-state index is 0.163. The van der Waals surface area contributed by atoms with Crippen molar-refractivity contribution in [2.24, 2.45) is 0 Å². The number of rotatable bonds is 7. The van der Waals surface area contributed by atoms with Gasteiger partial charge in [0.05, 0.1) is 19.9 Å². The first-order valence-electron chi connectivity index (χ1n) is 9.25. The summed E-state index contributed by atoms with van der Waals surface area (Å²) in [5.74, 6) is 2.47. The van der Waals surface area contributed by atoms with Crippen molar-refractivity contribution < 1.29 is 14.6 Å². The van der Waals surface area contributed by atoms with Crippen LogP contribution in [0, 0.1) is 6.92 Å². The Bertz CT molecular complexity index is 716. The van der Waals surface area contributed by atoms with Crippen LogP contribution in [-0.2, 0) is 6.54 Å². The Balaban J connectivity index is 1.73. The van der Waals surface area contributed by atoms with Crippen LogP contribution >= 0.6 is 0 Å². The average Bonchev–Trinajstić information content (AvgIpc) is 2.69. The fourth-order valence-corrected chi connectivity index (χ4v) is 3.48. The molecule has 0 aliphatic carbocycles. The molecule has 1 fully saturated rings. The highest BCUT2D eigenvalue weighted by atomic mass is 16.5. The van der Waals surface area contributed by atoms with E-state index in [0.717, 1.165) is 61.2 Å². The molecule has 1 N–H and O–H groups in total.